The Kier molecular flexibility index (Phi) is 15.8. The Morgan fingerprint density at radius 2 is 0.824 bits per heavy atom. The van der Waals surface area contributed by atoms with Gasteiger partial charge in [-0.25, -0.2) is 0 Å². The molecular formula is C14H32N2O. The fourth-order valence-electron chi connectivity index (χ4n) is 1.86. The van der Waals surface area contributed by atoms with E-state index in [2.05, 4.69) is 0 Å². The van der Waals surface area contributed by atoms with E-state index in [0.717, 1.165) is 26.3 Å². The molecule has 3 heteroatoms. The van der Waals surface area contributed by atoms with Gasteiger partial charge in [0, 0.05) is 13.2 Å². The van der Waals surface area contributed by atoms with Crippen LogP contribution in [0.25, 0.3) is 0 Å². The third-order valence-corrected chi connectivity index (χ3v) is 2.99. The molecule has 0 atom stereocenters. The third-order valence-electron chi connectivity index (χ3n) is 2.99. The van der Waals surface area contributed by atoms with Crippen LogP contribution in [-0.4, -0.2) is 26.3 Å². The van der Waals surface area contributed by atoms with Crippen molar-refractivity contribution in [3.63, 3.8) is 0 Å². The lowest BCUT2D eigenvalue weighted by atomic mass is 10.1. The summed E-state index contributed by atoms with van der Waals surface area (Å²) >= 11 is 0. The predicted molar refractivity (Wildman–Crippen MR) is 75.1 cm³/mol. The summed E-state index contributed by atoms with van der Waals surface area (Å²) in [4.78, 5) is 0. The smallest absolute Gasteiger partial charge is 0.0466 e. The van der Waals surface area contributed by atoms with Crippen LogP contribution in [0.1, 0.15) is 64.2 Å². The van der Waals surface area contributed by atoms with E-state index in [0.29, 0.717) is 0 Å². The second-order valence-electron chi connectivity index (χ2n) is 4.73. The standard InChI is InChI=1S/C14H32N2O/c15-11-7-3-1-5-9-13-17-14-10-6-2-4-8-12-16/h1-16H2. The summed E-state index contributed by atoms with van der Waals surface area (Å²) in [6.07, 6.45) is 12.5. The first-order valence-corrected chi connectivity index (χ1v) is 7.39. The lowest BCUT2D eigenvalue weighted by Gasteiger charge is -2.04. The minimum absolute atomic E-state index is 0.834. The van der Waals surface area contributed by atoms with Gasteiger partial charge in [0.1, 0.15) is 0 Å². The van der Waals surface area contributed by atoms with Gasteiger partial charge in [-0.05, 0) is 38.8 Å². The molecule has 3 nitrogen and oxygen atoms in total. The second kappa shape index (κ2) is 15.9. The first-order valence-electron chi connectivity index (χ1n) is 7.39. The maximum atomic E-state index is 5.60. The summed E-state index contributed by atoms with van der Waals surface area (Å²) in [5.74, 6) is 0. The molecule has 0 unspecified atom stereocenters. The molecule has 0 saturated heterocycles. The maximum Gasteiger partial charge on any atom is 0.0466 e. The van der Waals surface area contributed by atoms with Gasteiger partial charge in [-0.2, -0.15) is 0 Å². The first kappa shape index (κ1) is 16.9. The number of hydrogen-bond donors (Lipinski definition) is 2. The normalized spacial score (nSPS) is 10.9. The fourth-order valence-corrected chi connectivity index (χ4v) is 1.86. The van der Waals surface area contributed by atoms with Crippen molar-refractivity contribution >= 4 is 0 Å². The van der Waals surface area contributed by atoms with Crippen LogP contribution in [0.5, 0.6) is 0 Å². The van der Waals surface area contributed by atoms with Crippen molar-refractivity contribution in [2.24, 2.45) is 11.5 Å². The van der Waals surface area contributed by atoms with E-state index in [1.807, 2.05) is 0 Å². The first-order chi connectivity index (χ1) is 8.41. The number of nitrogens with two attached hydrogens (primary N) is 2. The molecule has 0 radical (unpaired) electrons. The molecule has 104 valence electrons. The Hall–Kier alpha value is -0.120. The summed E-state index contributed by atoms with van der Waals surface area (Å²) in [6.45, 7) is 3.54. The minimum atomic E-state index is 0.834. The molecule has 4 N–H and O–H groups in total. The van der Waals surface area contributed by atoms with Gasteiger partial charge in [0.25, 0.3) is 0 Å². The molecule has 0 amide bonds. The second-order valence-corrected chi connectivity index (χ2v) is 4.73. The number of unbranched alkanes of at least 4 members (excludes halogenated alkanes) is 8. The molecule has 0 bridgehead atoms. The number of rotatable bonds is 14. The highest BCUT2D eigenvalue weighted by Gasteiger charge is 1.92. The molecule has 0 spiro atoms. The minimum Gasteiger partial charge on any atom is -0.381 e. The van der Waals surface area contributed by atoms with E-state index in [-0.39, 0.29) is 0 Å². The van der Waals surface area contributed by atoms with E-state index < -0.39 is 0 Å². The molecule has 0 aromatic rings. The van der Waals surface area contributed by atoms with E-state index >= 15 is 0 Å². The molecule has 0 aliphatic heterocycles. The van der Waals surface area contributed by atoms with Crippen molar-refractivity contribution in [2.45, 2.75) is 64.2 Å². The van der Waals surface area contributed by atoms with Gasteiger partial charge in [0.15, 0.2) is 0 Å². The highest BCUT2D eigenvalue weighted by Crippen LogP contribution is 2.04. The average Bonchev–Trinajstić information content (AvgIpc) is 2.35. The largest absolute Gasteiger partial charge is 0.381 e. The van der Waals surface area contributed by atoms with Gasteiger partial charge in [-0.1, -0.05) is 38.5 Å². The molecule has 0 fully saturated rings. The summed E-state index contributed by atoms with van der Waals surface area (Å²) in [5, 5.41) is 0. The average molecular weight is 244 g/mol. The topological polar surface area (TPSA) is 61.3 Å². The van der Waals surface area contributed by atoms with E-state index in [1.165, 1.54) is 64.2 Å². The molecule has 0 aromatic carbocycles. The zero-order chi connectivity index (χ0) is 12.6. The van der Waals surface area contributed by atoms with Crippen LogP contribution in [-0.2, 0) is 4.74 Å². The number of hydrogen-bond acceptors (Lipinski definition) is 3. The van der Waals surface area contributed by atoms with Crippen molar-refractivity contribution in [3.05, 3.63) is 0 Å². The summed E-state index contributed by atoms with van der Waals surface area (Å²) < 4.78 is 5.60. The maximum absolute atomic E-state index is 5.60. The van der Waals surface area contributed by atoms with Gasteiger partial charge in [-0.15, -0.1) is 0 Å². The summed E-state index contributed by atoms with van der Waals surface area (Å²) in [7, 11) is 0. The Balaban J connectivity index is 2.85. The predicted octanol–water partition coefficient (Wildman–Crippen LogP) is 2.82. The Bertz CT molecular complexity index is 117. The molecule has 0 aliphatic rings. The van der Waals surface area contributed by atoms with Crippen molar-refractivity contribution in [1.82, 2.24) is 0 Å². The van der Waals surface area contributed by atoms with Crippen LogP contribution in [0.3, 0.4) is 0 Å². The zero-order valence-electron chi connectivity index (χ0n) is 11.5. The van der Waals surface area contributed by atoms with Gasteiger partial charge in [0.2, 0.25) is 0 Å². The van der Waals surface area contributed by atoms with Crippen LogP contribution >= 0.6 is 0 Å². The van der Waals surface area contributed by atoms with Crippen molar-refractivity contribution in [3.8, 4) is 0 Å². The molecular weight excluding hydrogens is 212 g/mol. The van der Waals surface area contributed by atoms with E-state index in [4.69, 9.17) is 16.2 Å². The number of ether oxygens (including phenoxy) is 1. The van der Waals surface area contributed by atoms with Crippen molar-refractivity contribution in [1.29, 1.82) is 0 Å². The van der Waals surface area contributed by atoms with Crippen LogP contribution in [0, 0.1) is 0 Å². The quantitative estimate of drug-likeness (QED) is 0.462. The van der Waals surface area contributed by atoms with Crippen molar-refractivity contribution < 1.29 is 4.74 Å². The highest BCUT2D eigenvalue weighted by atomic mass is 16.5. The zero-order valence-corrected chi connectivity index (χ0v) is 11.5. The van der Waals surface area contributed by atoms with Gasteiger partial charge >= 0.3 is 0 Å². The SMILES string of the molecule is NCCCCCCCOCCCCCCCN. The van der Waals surface area contributed by atoms with Gasteiger partial charge < -0.3 is 16.2 Å². The van der Waals surface area contributed by atoms with Gasteiger partial charge in [-0.3, -0.25) is 0 Å². The molecule has 0 saturated carbocycles. The van der Waals surface area contributed by atoms with Crippen LogP contribution in [0.15, 0.2) is 0 Å². The third kappa shape index (κ3) is 15.9. The molecule has 0 heterocycles. The van der Waals surface area contributed by atoms with E-state index in [1.54, 1.807) is 0 Å². The Labute approximate surface area is 107 Å². The summed E-state index contributed by atoms with van der Waals surface area (Å²) in [5.41, 5.74) is 10.9. The van der Waals surface area contributed by atoms with Crippen LogP contribution in [0.4, 0.5) is 0 Å². The van der Waals surface area contributed by atoms with E-state index in [9.17, 15) is 0 Å². The molecule has 0 rings (SSSR count). The fraction of sp³-hybridized carbons (Fsp3) is 1.00. The van der Waals surface area contributed by atoms with Gasteiger partial charge in [0.05, 0.1) is 0 Å². The van der Waals surface area contributed by atoms with Crippen molar-refractivity contribution in [2.75, 3.05) is 26.3 Å². The summed E-state index contributed by atoms with van der Waals surface area (Å²) in [6, 6.07) is 0. The molecule has 0 aromatic heterocycles. The highest BCUT2D eigenvalue weighted by molar-refractivity contribution is 4.46. The Morgan fingerprint density at radius 1 is 0.471 bits per heavy atom. The molecule has 17 heavy (non-hydrogen) atoms. The Morgan fingerprint density at radius 3 is 1.24 bits per heavy atom. The molecule has 0 aliphatic carbocycles. The lowest BCUT2D eigenvalue weighted by molar-refractivity contribution is 0.125. The lowest BCUT2D eigenvalue weighted by Crippen LogP contribution is -2.00. The van der Waals surface area contributed by atoms with Crippen LogP contribution < -0.4 is 11.5 Å². The van der Waals surface area contributed by atoms with Crippen LogP contribution in [0.2, 0.25) is 0 Å². The monoisotopic (exact) mass is 244 g/mol.